The van der Waals surface area contributed by atoms with Crippen molar-refractivity contribution in [3.63, 3.8) is 0 Å². The van der Waals surface area contributed by atoms with Crippen LogP contribution in [0.3, 0.4) is 0 Å². The molecule has 1 unspecified atom stereocenters. The zero-order chi connectivity index (χ0) is 24.3. The molecule has 2 aromatic carbocycles. The summed E-state index contributed by atoms with van der Waals surface area (Å²) in [5, 5.41) is 11.8. The lowest BCUT2D eigenvalue weighted by molar-refractivity contribution is -0.118. The molecule has 182 valence electrons. The van der Waals surface area contributed by atoms with Crippen LogP contribution in [0, 0.1) is 5.41 Å². The molecule has 0 spiro atoms. The molecule has 2 aliphatic heterocycles. The highest BCUT2D eigenvalue weighted by Crippen LogP contribution is 2.47. The maximum Gasteiger partial charge on any atom is 0.245 e. The predicted octanol–water partition coefficient (Wildman–Crippen LogP) is 6.29. The van der Waals surface area contributed by atoms with E-state index in [0.29, 0.717) is 23.2 Å². The fourth-order valence-electron chi connectivity index (χ4n) is 5.25. The number of hydrogen-bond acceptors (Lipinski definition) is 4. The van der Waals surface area contributed by atoms with Gasteiger partial charge in [0.15, 0.2) is 0 Å². The Labute approximate surface area is 212 Å². The Bertz CT molecular complexity index is 1060. The average molecular weight is 499 g/mol. The molecule has 4 rings (SSSR count). The number of thioether (sulfide) groups is 1. The van der Waals surface area contributed by atoms with E-state index in [4.69, 9.17) is 22.7 Å². The van der Waals surface area contributed by atoms with Crippen molar-refractivity contribution in [1.29, 1.82) is 5.41 Å². The summed E-state index contributed by atoms with van der Waals surface area (Å²) >= 11 is 7.85. The summed E-state index contributed by atoms with van der Waals surface area (Å²) in [4.78, 5) is 16.6. The van der Waals surface area contributed by atoms with Gasteiger partial charge in [-0.05, 0) is 69.4 Å². The Morgan fingerprint density at radius 3 is 2.85 bits per heavy atom. The highest BCUT2D eigenvalue weighted by molar-refractivity contribution is 8.00. The molecule has 34 heavy (non-hydrogen) atoms. The van der Waals surface area contributed by atoms with Crippen molar-refractivity contribution in [3.8, 4) is 0 Å². The number of benzene rings is 2. The Morgan fingerprint density at radius 2 is 2.09 bits per heavy atom. The largest absolute Gasteiger partial charge is 0.384 e. The van der Waals surface area contributed by atoms with Crippen LogP contribution in [-0.4, -0.2) is 29.9 Å². The second-order valence-electron chi connectivity index (χ2n) is 9.95. The second-order valence-corrected chi connectivity index (χ2v) is 11.5. The smallest absolute Gasteiger partial charge is 0.245 e. The van der Waals surface area contributed by atoms with Gasteiger partial charge in [0.2, 0.25) is 5.91 Å². The summed E-state index contributed by atoms with van der Waals surface area (Å²) in [7, 11) is 0. The van der Waals surface area contributed by atoms with Gasteiger partial charge >= 0.3 is 0 Å². The molecule has 1 saturated heterocycles. The molecule has 2 aromatic rings. The molecule has 1 amide bonds. The zero-order valence-corrected chi connectivity index (χ0v) is 21.6. The number of carbonyl (C=O) groups is 1. The van der Waals surface area contributed by atoms with Crippen LogP contribution < -0.4 is 16.0 Å². The monoisotopic (exact) mass is 498 g/mol. The fourth-order valence-corrected chi connectivity index (χ4v) is 6.61. The first-order valence-electron chi connectivity index (χ1n) is 12.3. The van der Waals surface area contributed by atoms with Gasteiger partial charge < -0.3 is 16.0 Å². The number of amidine groups is 1. The number of anilines is 1. The summed E-state index contributed by atoms with van der Waals surface area (Å²) in [5.74, 6) is 0.0740. The number of nitrogens with two attached hydrogens (primary N) is 1. The molecule has 0 aliphatic carbocycles. The van der Waals surface area contributed by atoms with E-state index in [2.05, 4.69) is 19.2 Å². The van der Waals surface area contributed by atoms with E-state index < -0.39 is 0 Å². The number of fused-ring (bicyclic) bond motifs is 1. The number of amides is 1. The first-order valence-corrected chi connectivity index (χ1v) is 13.5. The third-order valence-electron chi connectivity index (χ3n) is 7.02. The Morgan fingerprint density at radius 1 is 1.26 bits per heavy atom. The van der Waals surface area contributed by atoms with Gasteiger partial charge in [-0.2, -0.15) is 0 Å². The van der Waals surface area contributed by atoms with Crippen LogP contribution in [0.15, 0.2) is 47.4 Å². The number of nitrogens with zero attached hydrogens (tertiary/aromatic N) is 1. The quantitative estimate of drug-likeness (QED) is 0.227. The van der Waals surface area contributed by atoms with Crippen molar-refractivity contribution >= 4 is 40.8 Å². The molecule has 0 aromatic heterocycles. The number of unbranched alkanes of at least 4 members (excludes halogenated alkanes) is 2. The molecule has 7 heteroatoms. The summed E-state index contributed by atoms with van der Waals surface area (Å²) in [6.45, 7) is 5.31. The number of nitrogens with one attached hydrogen (secondary N) is 2. The minimum Gasteiger partial charge on any atom is -0.384 e. The second kappa shape index (κ2) is 10.7. The van der Waals surface area contributed by atoms with Crippen molar-refractivity contribution in [2.45, 2.75) is 80.5 Å². The van der Waals surface area contributed by atoms with Crippen LogP contribution in [-0.2, 0) is 4.79 Å². The lowest BCUT2D eigenvalue weighted by Gasteiger charge is -2.39. The summed E-state index contributed by atoms with van der Waals surface area (Å²) in [6.07, 6.45) is 8.17. The van der Waals surface area contributed by atoms with Crippen LogP contribution in [0.1, 0.15) is 75.2 Å². The molecule has 0 bridgehead atoms. The molecule has 2 aliphatic rings. The van der Waals surface area contributed by atoms with Crippen molar-refractivity contribution in [3.05, 3.63) is 58.6 Å². The van der Waals surface area contributed by atoms with E-state index in [1.807, 2.05) is 41.3 Å². The van der Waals surface area contributed by atoms with Crippen molar-refractivity contribution < 1.29 is 4.79 Å². The van der Waals surface area contributed by atoms with Crippen molar-refractivity contribution in [1.82, 2.24) is 5.32 Å². The van der Waals surface area contributed by atoms with Gasteiger partial charge in [-0.1, -0.05) is 49.1 Å². The lowest BCUT2D eigenvalue weighted by Crippen LogP contribution is -2.50. The van der Waals surface area contributed by atoms with E-state index in [9.17, 15) is 4.79 Å². The summed E-state index contributed by atoms with van der Waals surface area (Å²) < 4.78 is 0. The third kappa shape index (κ3) is 5.78. The summed E-state index contributed by atoms with van der Waals surface area (Å²) in [6, 6.07) is 13.8. The van der Waals surface area contributed by atoms with Crippen LogP contribution in [0.5, 0.6) is 0 Å². The maximum atomic E-state index is 13.6. The molecular formula is C27H35ClN4OS. The van der Waals surface area contributed by atoms with Gasteiger partial charge in [0, 0.05) is 33.6 Å². The number of rotatable bonds is 8. The van der Waals surface area contributed by atoms with Crippen LogP contribution in [0.2, 0.25) is 5.02 Å². The van der Waals surface area contributed by atoms with Gasteiger partial charge in [0.1, 0.15) is 11.1 Å². The number of nitrogen functional groups attached to an aromatic ring is 1. The normalized spacial score (nSPS) is 24.7. The topological polar surface area (TPSA) is 82.2 Å². The molecule has 3 atom stereocenters. The Hall–Kier alpha value is -2.02. The number of hydrogen-bond donors (Lipinski definition) is 3. The number of piperidine rings is 1. The third-order valence-corrected chi connectivity index (χ3v) is 8.56. The minimum atomic E-state index is -0.361. The standard InChI is InChI=1S/C27H35ClN4OS/c1-18-8-7-14-27(2,31-18)13-4-3-5-15-32-22-17-21(28)11-12-23(22)34-24(26(32)33)19-9-6-10-20(16-19)25(29)30/h6,9-12,16-18,24,31H,3-5,7-8,13-15H2,1-2H3,(H3,29,30)/t18-,24?,27+/m0/s1. The van der Waals surface area contributed by atoms with E-state index in [-0.39, 0.29) is 22.5 Å². The van der Waals surface area contributed by atoms with Gasteiger partial charge in [-0.15, -0.1) is 11.8 Å². The molecule has 1 fully saturated rings. The molecule has 5 nitrogen and oxygen atoms in total. The first kappa shape index (κ1) is 25.1. The highest BCUT2D eigenvalue weighted by atomic mass is 35.5. The SMILES string of the molecule is C[C@H]1CCC[C@@](C)(CCCCCN2C(=O)C(c3cccc(C(=N)N)c3)Sc3ccc(Cl)cc32)N1. The van der Waals surface area contributed by atoms with Crippen LogP contribution in [0.25, 0.3) is 0 Å². The average Bonchev–Trinajstić information content (AvgIpc) is 2.80. The van der Waals surface area contributed by atoms with E-state index in [1.165, 1.54) is 25.7 Å². The van der Waals surface area contributed by atoms with Gasteiger partial charge in [-0.3, -0.25) is 10.2 Å². The van der Waals surface area contributed by atoms with Gasteiger partial charge in [0.05, 0.1) is 5.69 Å². The molecular weight excluding hydrogens is 464 g/mol. The Kier molecular flexibility index (Phi) is 7.90. The fraction of sp³-hybridized carbons (Fsp3) is 0.481. The molecule has 0 saturated carbocycles. The van der Waals surface area contributed by atoms with E-state index in [0.717, 1.165) is 35.4 Å². The zero-order valence-electron chi connectivity index (χ0n) is 20.1. The minimum absolute atomic E-state index is 0.00897. The summed E-state index contributed by atoms with van der Waals surface area (Å²) in [5.41, 5.74) is 8.34. The van der Waals surface area contributed by atoms with Crippen LogP contribution >= 0.6 is 23.4 Å². The molecule has 4 N–H and O–H groups in total. The van der Waals surface area contributed by atoms with Crippen molar-refractivity contribution in [2.24, 2.45) is 5.73 Å². The van der Waals surface area contributed by atoms with Gasteiger partial charge in [0.25, 0.3) is 0 Å². The van der Waals surface area contributed by atoms with E-state index >= 15 is 0 Å². The van der Waals surface area contributed by atoms with Gasteiger partial charge in [-0.25, -0.2) is 0 Å². The van der Waals surface area contributed by atoms with Crippen LogP contribution in [0.4, 0.5) is 5.69 Å². The number of carbonyl (C=O) groups excluding carboxylic acids is 1. The highest BCUT2D eigenvalue weighted by Gasteiger charge is 2.35. The van der Waals surface area contributed by atoms with Crippen molar-refractivity contribution in [2.75, 3.05) is 11.4 Å². The maximum absolute atomic E-state index is 13.6. The molecule has 0 radical (unpaired) electrons. The first-order chi connectivity index (χ1) is 16.3. The lowest BCUT2D eigenvalue weighted by atomic mass is 9.84. The predicted molar refractivity (Wildman–Crippen MR) is 143 cm³/mol. The van der Waals surface area contributed by atoms with E-state index in [1.54, 1.807) is 17.8 Å². The molecule has 2 heterocycles. The Balaban J connectivity index is 1.45. The number of halogens is 1.